The Labute approximate surface area is 123 Å². The number of urea groups is 1. The SMILES string of the molecule is COCCCN1C(=O)NC(=O)C(c2ccc(C)cc2)C1=O. The van der Waals surface area contributed by atoms with Gasteiger partial charge in [0.15, 0.2) is 0 Å². The number of aryl methyl sites for hydroxylation is 1. The maximum absolute atomic E-state index is 12.4. The summed E-state index contributed by atoms with van der Waals surface area (Å²) in [7, 11) is 1.55. The van der Waals surface area contributed by atoms with Gasteiger partial charge in [-0.15, -0.1) is 0 Å². The highest BCUT2D eigenvalue weighted by atomic mass is 16.5. The Morgan fingerprint density at radius 3 is 2.48 bits per heavy atom. The minimum atomic E-state index is -0.967. The van der Waals surface area contributed by atoms with E-state index in [-0.39, 0.29) is 6.54 Å². The molecule has 1 aliphatic rings. The first-order chi connectivity index (χ1) is 10.0. The van der Waals surface area contributed by atoms with Gasteiger partial charge in [0, 0.05) is 20.3 Å². The van der Waals surface area contributed by atoms with E-state index < -0.39 is 23.8 Å². The van der Waals surface area contributed by atoms with Gasteiger partial charge in [-0.3, -0.25) is 19.8 Å². The van der Waals surface area contributed by atoms with E-state index in [1.54, 1.807) is 19.2 Å². The van der Waals surface area contributed by atoms with Gasteiger partial charge in [0.25, 0.3) is 0 Å². The Morgan fingerprint density at radius 2 is 1.86 bits per heavy atom. The molecule has 1 unspecified atom stereocenters. The molecular formula is C15H18N2O4. The van der Waals surface area contributed by atoms with Gasteiger partial charge in [0.05, 0.1) is 0 Å². The van der Waals surface area contributed by atoms with Gasteiger partial charge in [-0.1, -0.05) is 29.8 Å². The van der Waals surface area contributed by atoms with Crippen molar-refractivity contribution in [3.8, 4) is 0 Å². The van der Waals surface area contributed by atoms with E-state index in [4.69, 9.17) is 4.74 Å². The summed E-state index contributed by atoms with van der Waals surface area (Å²) in [6, 6.07) is 6.48. The third-order valence-corrected chi connectivity index (χ3v) is 3.39. The van der Waals surface area contributed by atoms with E-state index in [1.807, 2.05) is 19.1 Å². The van der Waals surface area contributed by atoms with Crippen LogP contribution in [0.3, 0.4) is 0 Å². The number of barbiturate groups is 1. The van der Waals surface area contributed by atoms with E-state index in [1.165, 1.54) is 0 Å². The maximum Gasteiger partial charge on any atom is 0.330 e. The highest BCUT2D eigenvalue weighted by Crippen LogP contribution is 2.23. The molecule has 2 rings (SSSR count). The van der Waals surface area contributed by atoms with Crippen LogP contribution in [0, 0.1) is 6.92 Å². The second-order valence-corrected chi connectivity index (χ2v) is 4.97. The highest BCUT2D eigenvalue weighted by Gasteiger charge is 2.40. The third-order valence-electron chi connectivity index (χ3n) is 3.39. The first-order valence-corrected chi connectivity index (χ1v) is 6.76. The smallest absolute Gasteiger partial charge is 0.330 e. The molecule has 0 spiro atoms. The number of hydrogen-bond donors (Lipinski definition) is 1. The maximum atomic E-state index is 12.4. The molecule has 0 bridgehead atoms. The summed E-state index contributed by atoms with van der Waals surface area (Å²) < 4.78 is 4.91. The van der Waals surface area contributed by atoms with Crippen LogP contribution in [-0.2, 0) is 14.3 Å². The molecule has 0 aromatic heterocycles. The summed E-state index contributed by atoms with van der Waals surface area (Å²) in [5.41, 5.74) is 1.63. The molecule has 0 saturated carbocycles. The molecule has 1 heterocycles. The first-order valence-electron chi connectivity index (χ1n) is 6.76. The van der Waals surface area contributed by atoms with Crippen molar-refractivity contribution in [1.29, 1.82) is 0 Å². The Morgan fingerprint density at radius 1 is 1.19 bits per heavy atom. The number of amides is 4. The van der Waals surface area contributed by atoms with Crippen LogP contribution in [0.2, 0.25) is 0 Å². The minimum absolute atomic E-state index is 0.230. The number of rotatable bonds is 5. The number of nitrogens with zero attached hydrogens (tertiary/aromatic N) is 1. The van der Waals surface area contributed by atoms with Gasteiger partial charge in [0.1, 0.15) is 5.92 Å². The zero-order chi connectivity index (χ0) is 15.4. The predicted molar refractivity (Wildman–Crippen MR) is 75.7 cm³/mol. The van der Waals surface area contributed by atoms with Crippen molar-refractivity contribution in [2.45, 2.75) is 19.3 Å². The van der Waals surface area contributed by atoms with E-state index in [2.05, 4.69) is 5.32 Å². The molecule has 1 aromatic carbocycles. The van der Waals surface area contributed by atoms with Gasteiger partial charge in [-0.2, -0.15) is 0 Å². The van der Waals surface area contributed by atoms with E-state index in [0.29, 0.717) is 18.6 Å². The van der Waals surface area contributed by atoms with E-state index >= 15 is 0 Å². The summed E-state index contributed by atoms with van der Waals surface area (Å²) in [4.78, 5) is 37.2. The normalized spacial score (nSPS) is 18.9. The van der Waals surface area contributed by atoms with Crippen LogP contribution in [0.1, 0.15) is 23.5 Å². The van der Waals surface area contributed by atoms with Crippen molar-refractivity contribution in [3.63, 3.8) is 0 Å². The Hall–Kier alpha value is -2.21. The fourth-order valence-electron chi connectivity index (χ4n) is 2.24. The standard InChI is InChI=1S/C15H18N2O4/c1-10-4-6-11(7-5-10)12-13(18)16-15(20)17(14(12)19)8-3-9-21-2/h4-7,12H,3,8-9H2,1-2H3,(H,16,18,20). The zero-order valence-electron chi connectivity index (χ0n) is 12.1. The molecule has 4 amide bonds. The summed E-state index contributed by atoms with van der Waals surface area (Å²) >= 11 is 0. The molecule has 0 aliphatic carbocycles. The molecule has 1 N–H and O–H groups in total. The number of hydrogen-bond acceptors (Lipinski definition) is 4. The lowest BCUT2D eigenvalue weighted by Crippen LogP contribution is -2.57. The fraction of sp³-hybridized carbons (Fsp3) is 0.400. The second-order valence-electron chi connectivity index (χ2n) is 4.97. The fourth-order valence-corrected chi connectivity index (χ4v) is 2.24. The Bertz CT molecular complexity index is 553. The van der Waals surface area contributed by atoms with Crippen molar-refractivity contribution in [3.05, 3.63) is 35.4 Å². The van der Waals surface area contributed by atoms with Crippen molar-refractivity contribution in [2.75, 3.05) is 20.3 Å². The first kappa shape index (κ1) is 15.2. The molecule has 1 atom stereocenters. The van der Waals surface area contributed by atoms with Crippen LogP contribution < -0.4 is 5.32 Å². The molecule has 1 aromatic rings. The van der Waals surface area contributed by atoms with Gasteiger partial charge in [0.2, 0.25) is 11.8 Å². The molecule has 1 fully saturated rings. The molecule has 6 heteroatoms. The summed E-state index contributed by atoms with van der Waals surface area (Å²) in [5, 5.41) is 2.24. The quantitative estimate of drug-likeness (QED) is 0.653. The molecule has 1 aliphatic heterocycles. The zero-order valence-corrected chi connectivity index (χ0v) is 12.1. The molecule has 112 valence electrons. The number of carbonyl (C=O) groups excluding carboxylic acids is 3. The molecule has 1 saturated heterocycles. The van der Waals surface area contributed by atoms with E-state index in [0.717, 1.165) is 10.5 Å². The van der Waals surface area contributed by atoms with Crippen LogP contribution in [0.25, 0.3) is 0 Å². The largest absolute Gasteiger partial charge is 0.385 e. The lowest BCUT2D eigenvalue weighted by Gasteiger charge is -2.30. The van der Waals surface area contributed by atoms with Gasteiger partial charge >= 0.3 is 6.03 Å². The second kappa shape index (κ2) is 6.49. The van der Waals surface area contributed by atoms with Crippen molar-refractivity contribution in [2.24, 2.45) is 0 Å². The van der Waals surface area contributed by atoms with Crippen molar-refractivity contribution in [1.82, 2.24) is 10.2 Å². The van der Waals surface area contributed by atoms with Crippen LogP contribution in [0.5, 0.6) is 0 Å². The Kier molecular flexibility index (Phi) is 4.70. The minimum Gasteiger partial charge on any atom is -0.385 e. The van der Waals surface area contributed by atoms with Crippen molar-refractivity contribution < 1.29 is 19.1 Å². The number of carbonyl (C=O) groups is 3. The predicted octanol–water partition coefficient (Wildman–Crippen LogP) is 1.19. The van der Waals surface area contributed by atoms with Gasteiger partial charge in [-0.05, 0) is 18.9 Å². The third kappa shape index (κ3) is 3.28. The average molecular weight is 290 g/mol. The van der Waals surface area contributed by atoms with Crippen LogP contribution in [-0.4, -0.2) is 43.0 Å². The molecule has 0 radical (unpaired) electrons. The Balaban J connectivity index is 2.20. The van der Waals surface area contributed by atoms with Crippen LogP contribution in [0.4, 0.5) is 4.79 Å². The van der Waals surface area contributed by atoms with Gasteiger partial charge in [-0.25, -0.2) is 4.79 Å². The molecule has 6 nitrogen and oxygen atoms in total. The summed E-state index contributed by atoms with van der Waals surface area (Å²) in [5.74, 6) is -2.02. The average Bonchev–Trinajstić information content (AvgIpc) is 2.44. The number of methoxy groups -OCH3 is 1. The monoisotopic (exact) mass is 290 g/mol. The van der Waals surface area contributed by atoms with E-state index in [9.17, 15) is 14.4 Å². The van der Waals surface area contributed by atoms with Crippen molar-refractivity contribution >= 4 is 17.8 Å². The highest BCUT2D eigenvalue weighted by molar-refractivity contribution is 6.19. The lowest BCUT2D eigenvalue weighted by molar-refractivity contribution is -0.138. The molecule has 21 heavy (non-hydrogen) atoms. The van der Waals surface area contributed by atoms with Crippen LogP contribution in [0.15, 0.2) is 24.3 Å². The number of nitrogens with one attached hydrogen (secondary N) is 1. The summed E-state index contributed by atoms with van der Waals surface area (Å²) in [6.45, 7) is 2.60. The summed E-state index contributed by atoms with van der Waals surface area (Å²) in [6.07, 6.45) is 0.532. The van der Waals surface area contributed by atoms with Crippen LogP contribution >= 0.6 is 0 Å². The molecular weight excluding hydrogens is 272 g/mol. The number of imide groups is 2. The number of benzene rings is 1. The topological polar surface area (TPSA) is 75.7 Å². The lowest BCUT2D eigenvalue weighted by atomic mass is 9.94. The number of ether oxygens (including phenoxy) is 1. The van der Waals surface area contributed by atoms with Gasteiger partial charge < -0.3 is 4.74 Å².